The average molecular weight is 466 g/mol. The van der Waals surface area contributed by atoms with Crippen LogP contribution in [0, 0.1) is 0 Å². The molecular weight excluding hydrogens is 442 g/mol. The monoisotopic (exact) mass is 465 g/mol. The van der Waals surface area contributed by atoms with E-state index in [9.17, 15) is 22.8 Å². The molecule has 0 unspecified atom stereocenters. The van der Waals surface area contributed by atoms with Crippen LogP contribution in [0.1, 0.15) is 45.0 Å². The van der Waals surface area contributed by atoms with Gasteiger partial charge in [-0.3, -0.25) is 9.59 Å². The van der Waals surface area contributed by atoms with Crippen molar-refractivity contribution in [1.82, 2.24) is 4.90 Å². The molecule has 31 heavy (non-hydrogen) atoms. The first-order chi connectivity index (χ1) is 14.7. The van der Waals surface area contributed by atoms with Gasteiger partial charge in [-0.15, -0.1) is 11.3 Å². The molecular formula is C20H23N3O6S2. The zero-order valence-electron chi connectivity index (χ0n) is 17.1. The number of nitrogens with zero attached hydrogens (tertiary/aromatic N) is 1. The third-order valence-electron chi connectivity index (χ3n) is 4.89. The number of thiophene rings is 1. The molecule has 2 heterocycles. The molecule has 1 aliphatic rings. The molecule has 0 aliphatic carbocycles. The van der Waals surface area contributed by atoms with Gasteiger partial charge >= 0.3 is 6.09 Å². The number of amides is 3. The van der Waals surface area contributed by atoms with Crippen LogP contribution in [0.3, 0.4) is 0 Å². The fraction of sp³-hybridized carbons (Fsp3) is 0.350. The highest BCUT2D eigenvalue weighted by Gasteiger charge is 2.30. The van der Waals surface area contributed by atoms with Gasteiger partial charge in [-0.25, -0.2) is 13.2 Å². The Bertz CT molecular complexity index is 1140. The Labute approximate surface area is 184 Å². The standard InChI is InChI=1S/C20H23N3O6S2/c1-3-29-20(26)23-9-8-14-15(11-23)30-19(16(14)17(21)24)22-18(25)12-6-5-7-13(10-12)31(27,28)4-2/h5-7,10H,3-4,8-9,11H2,1-2H3,(H2,21,24)(H,22,25). The van der Waals surface area contributed by atoms with Crippen LogP contribution < -0.4 is 11.1 Å². The van der Waals surface area contributed by atoms with Crippen molar-refractivity contribution in [2.45, 2.75) is 31.7 Å². The van der Waals surface area contributed by atoms with Gasteiger partial charge in [0.05, 0.1) is 29.4 Å². The van der Waals surface area contributed by atoms with Crippen LogP contribution in [-0.4, -0.2) is 50.1 Å². The van der Waals surface area contributed by atoms with Crippen molar-refractivity contribution in [3.05, 3.63) is 45.8 Å². The third-order valence-corrected chi connectivity index (χ3v) is 7.76. The molecule has 3 rings (SSSR count). The molecule has 0 radical (unpaired) electrons. The van der Waals surface area contributed by atoms with Gasteiger partial charge in [-0.2, -0.15) is 0 Å². The predicted molar refractivity (Wildman–Crippen MR) is 116 cm³/mol. The molecule has 1 aromatic carbocycles. The number of carbonyl (C=O) groups excluding carboxylic acids is 3. The lowest BCUT2D eigenvalue weighted by Gasteiger charge is -2.26. The summed E-state index contributed by atoms with van der Waals surface area (Å²) < 4.78 is 29.3. The number of nitrogens with two attached hydrogens (primary N) is 1. The first-order valence-electron chi connectivity index (χ1n) is 9.68. The maximum Gasteiger partial charge on any atom is 0.410 e. The summed E-state index contributed by atoms with van der Waals surface area (Å²) in [6.07, 6.45) is -0.0371. The second-order valence-electron chi connectivity index (χ2n) is 6.83. The fourth-order valence-electron chi connectivity index (χ4n) is 3.30. The molecule has 1 aromatic heterocycles. The van der Waals surface area contributed by atoms with E-state index in [-0.39, 0.29) is 39.9 Å². The van der Waals surface area contributed by atoms with E-state index < -0.39 is 27.7 Å². The van der Waals surface area contributed by atoms with Gasteiger partial charge in [0.1, 0.15) is 5.00 Å². The number of fused-ring (bicyclic) bond motifs is 1. The van der Waals surface area contributed by atoms with E-state index in [0.717, 1.165) is 4.88 Å². The predicted octanol–water partition coefficient (Wildman–Crippen LogP) is 2.41. The number of benzene rings is 1. The Kier molecular flexibility index (Phi) is 6.65. The number of primary amides is 1. The number of rotatable bonds is 6. The summed E-state index contributed by atoms with van der Waals surface area (Å²) in [5, 5.41) is 2.96. The van der Waals surface area contributed by atoms with Gasteiger partial charge < -0.3 is 20.7 Å². The van der Waals surface area contributed by atoms with Crippen LogP contribution in [0.4, 0.5) is 9.80 Å². The van der Waals surface area contributed by atoms with Crippen molar-refractivity contribution < 1.29 is 27.5 Å². The lowest BCUT2D eigenvalue weighted by Crippen LogP contribution is -2.36. The highest BCUT2D eigenvalue weighted by Crippen LogP contribution is 2.37. The van der Waals surface area contributed by atoms with Crippen LogP contribution in [0.5, 0.6) is 0 Å². The highest BCUT2D eigenvalue weighted by atomic mass is 32.2. The molecule has 0 fully saturated rings. The van der Waals surface area contributed by atoms with Gasteiger partial charge in [0.2, 0.25) is 0 Å². The number of hydrogen-bond acceptors (Lipinski definition) is 7. The van der Waals surface area contributed by atoms with Gasteiger partial charge in [-0.05, 0) is 37.1 Å². The first-order valence-corrected chi connectivity index (χ1v) is 12.1. The zero-order chi connectivity index (χ0) is 22.8. The van der Waals surface area contributed by atoms with E-state index in [2.05, 4.69) is 5.32 Å². The Morgan fingerprint density at radius 1 is 1.26 bits per heavy atom. The smallest absolute Gasteiger partial charge is 0.410 e. The first kappa shape index (κ1) is 22.8. The summed E-state index contributed by atoms with van der Waals surface area (Å²) in [5.74, 6) is -1.32. The molecule has 3 N–H and O–H groups in total. The Morgan fingerprint density at radius 3 is 2.65 bits per heavy atom. The SMILES string of the molecule is CCOC(=O)N1CCc2c(sc(NC(=O)c3cccc(S(=O)(=O)CC)c3)c2C(N)=O)C1. The maximum absolute atomic E-state index is 12.8. The number of hydrogen-bond donors (Lipinski definition) is 2. The lowest BCUT2D eigenvalue weighted by atomic mass is 10.0. The van der Waals surface area contributed by atoms with Gasteiger partial charge in [-0.1, -0.05) is 13.0 Å². The molecule has 0 saturated heterocycles. The Morgan fingerprint density at radius 2 is 2.00 bits per heavy atom. The van der Waals surface area contributed by atoms with Gasteiger partial charge in [0, 0.05) is 17.0 Å². The number of ether oxygens (including phenoxy) is 1. The van der Waals surface area contributed by atoms with E-state index >= 15 is 0 Å². The number of sulfone groups is 1. The van der Waals surface area contributed by atoms with E-state index in [1.165, 1.54) is 47.4 Å². The van der Waals surface area contributed by atoms with Gasteiger partial charge in [0.25, 0.3) is 11.8 Å². The summed E-state index contributed by atoms with van der Waals surface area (Å²) >= 11 is 1.17. The Hall–Kier alpha value is -2.92. The fourth-order valence-corrected chi connectivity index (χ4v) is 5.49. The molecule has 1 aliphatic heterocycles. The summed E-state index contributed by atoms with van der Waals surface area (Å²) in [6.45, 7) is 4.12. The van der Waals surface area contributed by atoms with Crippen molar-refractivity contribution in [3.8, 4) is 0 Å². The van der Waals surface area contributed by atoms with Crippen molar-refractivity contribution in [2.75, 3.05) is 24.2 Å². The molecule has 166 valence electrons. The molecule has 0 spiro atoms. The minimum atomic E-state index is -3.47. The molecule has 3 amide bonds. The number of nitrogens with one attached hydrogen (secondary N) is 1. The number of carbonyl (C=O) groups is 3. The van der Waals surface area contributed by atoms with E-state index in [1.807, 2.05) is 0 Å². The van der Waals surface area contributed by atoms with Crippen LogP contribution in [-0.2, 0) is 27.5 Å². The van der Waals surface area contributed by atoms with E-state index in [1.54, 1.807) is 6.92 Å². The summed E-state index contributed by atoms with van der Waals surface area (Å²) in [6, 6.07) is 5.71. The molecule has 0 bridgehead atoms. The summed E-state index contributed by atoms with van der Waals surface area (Å²) in [7, 11) is -3.47. The molecule has 0 saturated carbocycles. The average Bonchev–Trinajstić information content (AvgIpc) is 3.11. The largest absolute Gasteiger partial charge is 0.450 e. The second kappa shape index (κ2) is 9.06. The lowest BCUT2D eigenvalue weighted by molar-refractivity contribution is 0.0997. The number of anilines is 1. The van der Waals surface area contributed by atoms with Crippen LogP contribution >= 0.6 is 11.3 Å². The Balaban J connectivity index is 1.89. The van der Waals surface area contributed by atoms with Crippen LogP contribution in [0.2, 0.25) is 0 Å². The zero-order valence-corrected chi connectivity index (χ0v) is 18.8. The van der Waals surface area contributed by atoms with Gasteiger partial charge in [0.15, 0.2) is 9.84 Å². The van der Waals surface area contributed by atoms with E-state index in [0.29, 0.717) is 18.5 Å². The normalized spacial score (nSPS) is 13.4. The molecule has 11 heteroatoms. The molecule has 9 nitrogen and oxygen atoms in total. The minimum Gasteiger partial charge on any atom is -0.450 e. The second-order valence-corrected chi connectivity index (χ2v) is 10.2. The van der Waals surface area contributed by atoms with E-state index in [4.69, 9.17) is 10.5 Å². The van der Waals surface area contributed by atoms with Crippen molar-refractivity contribution in [2.24, 2.45) is 5.73 Å². The van der Waals surface area contributed by atoms with Crippen molar-refractivity contribution in [1.29, 1.82) is 0 Å². The maximum atomic E-state index is 12.8. The quantitative estimate of drug-likeness (QED) is 0.672. The van der Waals surface area contributed by atoms with Crippen molar-refractivity contribution in [3.63, 3.8) is 0 Å². The minimum absolute atomic E-state index is 0.0494. The highest BCUT2D eigenvalue weighted by molar-refractivity contribution is 7.91. The third kappa shape index (κ3) is 4.72. The van der Waals surface area contributed by atoms with Crippen LogP contribution in [0.15, 0.2) is 29.2 Å². The molecule has 2 aromatic rings. The van der Waals surface area contributed by atoms with Crippen LogP contribution in [0.25, 0.3) is 0 Å². The topological polar surface area (TPSA) is 136 Å². The summed E-state index contributed by atoms with van der Waals surface area (Å²) in [4.78, 5) is 39.2. The summed E-state index contributed by atoms with van der Waals surface area (Å²) in [5.41, 5.74) is 6.63. The molecule has 0 atom stereocenters. The van der Waals surface area contributed by atoms with Crippen molar-refractivity contribution >= 4 is 44.1 Å².